The molecule has 0 spiro atoms. The lowest BCUT2D eigenvalue weighted by Gasteiger charge is -2.24. The second kappa shape index (κ2) is 4.78. The van der Waals surface area contributed by atoms with Crippen molar-refractivity contribution in [1.82, 2.24) is 0 Å². The zero-order valence-corrected chi connectivity index (χ0v) is 10.8. The third-order valence-corrected chi connectivity index (χ3v) is 4.62. The summed E-state index contributed by atoms with van der Waals surface area (Å²) in [4.78, 5) is 0.131. The highest BCUT2D eigenvalue weighted by molar-refractivity contribution is 7.86. The van der Waals surface area contributed by atoms with E-state index in [0.717, 1.165) is 31.2 Å². The highest BCUT2D eigenvalue weighted by atomic mass is 32.2. The van der Waals surface area contributed by atoms with Crippen LogP contribution in [0.1, 0.15) is 49.1 Å². The molecule has 0 amide bonds. The van der Waals surface area contributed by atoms with Gasteiger partial charge in [-0.1, -0.05) is 37.5 Å². The monoisotopic (exact) mass is 254 g/mol. The predicted octanol–water partition coefficient (Wildman–Crippen LogP) is 3.29. The van der Waals surface area contributed by atoms with E-state index in [4.69, 9.17) is 0 Å². The molecular weight excluding hydrogens is 236 g/mol. The zero-order chi connectivity index (χ0) is 12.5. The van der Waals surface area contributed by atoms with Crippen LogP contribution in [0.5, 0.6) is 0 Å². The van der Waals surface area contributed by atoms with Crippen LogP contribution >= 0.6 is 0 Å². The van der Waals surface area contributed by atoms with Gasteiger partial charge in [0.15, 0.2) is 0 Å². The summed E-state index contributed by atoms with van der Waals surface area (Å²) in [5, 5.41) is 0. The van der Waals surface area contributed by atoms with E-state index in [0.29, 0.717) is 5.56 Å². The third kappa shape index (κ3) is 2.69. The van der Waals surface area contributed by atoms with Crippen LogP contribution in [-0.2, 0) is 10.1 Å². The standard InChI is InChI=1S/C13H18O3S/c1-10-6-5-9-12(13(10)17(14,15)16)11-7-3-2-4-8-11/h5-6,9,11H,2-4,7-8H2,1H3,(H,14,15,16). The molecule has 1 aromatic rings. The molecule has 0 heterocycles. The minimum atomic E-state index is -4.11. The summed E-state index contributed by atoms with van der Waals surface area (Å²) in [5.41, 5.74) is 1.43. The fraction of sp³-hybridized carbons (Fsp3) is 0.538. The van der Waals surface area contributed by atoms with Crippen molar-refractivity contribution < 1.29 is 13.0 Å². The Morgan fingerprint density at radius 3 is 2.41 bits per heavy atom. The van der Waals surface area contributed by atoms with Crippen LogP contribution < -0.4 is 0 Å². The molecule has 0 aromatic heterocycles. The van der Waals surface area contributed by atoms with Gasteiger partial charge >= 0.3 is 0 Å². The summed E-state index contributed by atoms with van der Waals surface area (Å²) in [6, 6.07) is 5.44. The molecule has 1 aliphatic rings. The number of hydrogen-bond donors (Lipinski definition) is 1. The molecule has 3 nitrogen and oxygen atoms in total. The molecule has 94 valence electrons. The molecule has 2 rings (SSSR count). The van der Waals surface area contributed by atoms with E-state index in [2.05, 4.69) is 0 Å². The molecule has 1 saturated carbocycles. The van der Waals surface area contributed by atoms with E-state index < -0.39 is 10.1 Å². The average Bonchev–Trinajstić information content (AvgIpc) is 2.28. The van der Waals surface area contributed by atoms with Gasteiger partial charge in [-0.25, -0.2) is 0 Å². The van der Waals surface area contributed by atoms with Crippen LogP contribution in [0.4, 0.5) is 0 Å². The highest BCUT2D eigenvalue weighted by Gasteiger charge is 2.24. The second-order valence-corrected chi connectivity index (χ2v) is 6.16. The molecule has 0 saturated heterocycles. The molecule has 4 heteroatoms. The maximum Gasteiger partial charge on any atom is 0.295 e. The Hall–Kier alpha value is -0.870. The first-order valence-corrected chi connectivity index (χ1v) is 7.51. The molecule has 0 bridgehead atoms. The van der Waals surface area contributed by atoms with E-state index in [-0.39, 0.29) is 10.8 Å². The van der Waals surface area contributed by atoms with Gasteiger partial charge in [-0.2, -0.15) is 8.42 Å². The maximum absolute atomic E-state index is 11.5. The quantitative estimate of drug-likeness (QED) is 0.824. The molecular formula is C13H18O3S. The van der Waals surface area contributed by atoms with Crippen LogP contribution in [0.2, 0.25) is 0 Å². The van der Waals surface area contributed by atoms with Gasteiger partial charge in [0.05, 0.1) is 0 Å². The summed E-state index contributed by atoms with van der Waals surface area (Å²) < 4.78 is 32.3. The van der Waals surface area contributed by atoms with E-state index in [1.807, 2.05) is 12.1 Å². The van der Waals surface area contributed by atoms with Gasteiger partial charge in [-0.3, -0.25) is 4.55 Å². The third-order valence-electron chi connectivity index (χ3n) is 3.55. The first kappa shape index (κ1) is 12.6. The Bertz CT molecular complexity index is 499. The number of rotatable bonds is 2. The topological polar surface area (TPSA) is 54.4 Å². The molecule has 1 N–H and O–H groups in total. The largest absolute Gasteiger partial charge is 0.295 e. The molecule has 0 radical (unpaired) electrons. The van der Waals surface area contributed by atoms with Crippen molar-refractivity contribution >= 4 is 10.1 Å². The molecule has 0 aliphatic heterocycles. The van der Waals surface area contributed by atoms with E-state index in [1.54, 1.807) is 13.0 Å². The molecule has 1 fully saturated rings. The zero-order valence-electron chi connectivity index (χ0n) is 10.0. The predicted molar refractivity (Wildman–Crippen MR) is 66.8 cm³/mol. The lowest BCUT2D eigenvalue weighted by molar-refractivity contribution is 0.433. The second-order valence-electron chi connectivity index (χ2n) is 4.80. The Labute approximate surface area is 103 Å². The summed E-state index contributed by atoms with van der Waals surface area (Å²) in [7, 11) is -4.11. The fourth-order valence-corrected chi connectivity index (χ4v) is 3.77. The van der Waals surface area contributed by atoms with Crippen LogP contribution in [0.3, 0.4) is 0 Å². The summed E-state index contributed by atoms with van der Waals surface area (Å²) in [5.74, 6) is 0.278. The molecule has 1 aliphatic carbocycles. The van der Waals surface area contributed by atoms with Gasteiger partial charge in [0.25, 0.3) is 10.1 Å². The summed E-state index contributed by atoms with van der Waals surface area (Å²) in [6.45, 7) is 1.73. The number of hydrogen-bond acceptors (Lipinski definition) is 2. The first-order valence-electron chi connectivity index (χ1n) is 6.07. The van der Waals surface area contributed by atoms with Crippen LogP contribution in [0.25, 0.3) is 0 Å². The van der Waals surface area contributed by atoms with Crippen molar-refractivity contribution in [2.24, 2.45) is 0 Å². The van der Waals surface area contributed by atoms with Gasteiger partial charge in [0.2, 0.25) is 0 Å². The van der Waals surface area contributed by atoms with Crippen molar-refractivity contribution in [2.75, 3.05) is 0 Å². The van der Waals surface area contributed by atoms with Gasteiger partial charge in [-0.05, 0) is 36.8 Å². The van der Waals surface area contributed by atoms with Crippen molar-refractivity contribution in [3.05, 3.63) is 29.3 Å². The molecule has 17 heavy (non-hydrogen) atoms. The summed E-state index contributed by atoms with van der Waals surface area (Å²) >= 11 is 0. The van der Waals surface area contributed by atoms with E-state index >= 15 is 0 Å². The van der Waals surface area contributed by atoms with Crippen molar-refractivity contribution in [1.29, 1.82) is 0 Å². The Morgan fingerprint density at radius 2 is 1.82 bits per heavy atom. The molecule has 1 aromatic carbocycles. The van der Waals surface area contributed by atoms with Gasteiger partial charge in [-0.15, -0.1) is 0 Å². The smallest absolute Gasteiger partial charge is 0.282 e. The van der Waals surface area contributed by atoms with E-state index in [9.17, 15) is 13.0 Å². The Kier molecular flexibility index (Phi) is 3.54. The van der Waals surface area contributed by atoms with Crippen molar-refractivity contribution in [3.63, 3.8) is 0 Å². The normalized spacial score (nSPS) is 18.2. The summed E-state index contributed by atoms with van der Waals surface area (Å²) in [6.07, 6.45) is 5.55. The molecule has 0 atom stereocenters. The average molecular weight is 254 g/mol. The highest BCUT2D eigenvalue weighted by Crippen LogP contribution is 2.36. The SMILES string of the molecule is Cc1cccc(C2CCCCC2)c1S(=O)(=O)O. The van der Waals surface area contributed by atoms with Crippen molar-refractivity contribution in [2.45, 2.75) is 49.8 Å². The first-order chi connectivity index (χ1) is 8.00. The van der Waals surface area contributed by atoms with Crippen LogP contribution in [-0.4, -0.2) is 13.0 Å². The molecule has 0 unspecified atom stereocenters. The lowest BCUT2D eigenvalue weighted by Crippen LogP contribution is -2.12. The maximum atomic E-state index is 11.5. The van der Waals surface area contributed by atoms with E-state index in [1.165, 1.54) is 6.42 Å². The van der Waals surface area contributed by atoms with Gasteiger partial charge in [0.1, 0.15) is 4.90 Å². The lowest BCUT2D eigenvalue weighted by atomic mass is 9.83. The van der Waals surface area contributed by atoms with Crippen molar-refractivity contribution in [3.8, 4) is 0 Å². The minimum Gasteiger partial charge on any atom is -0.282 e. The van der Waals surface area contributed by atoms with Gasteiger partial charge < -0.3 is 0 Å². The Balaban J connectivity index is 2.49. The minimum absolute atomic E-state index is 0.131. The number of aryl methyl sites for hydroxylation is 1. The number of benzene rings is 1. The van der Waals surface area contributed by atoms with Crippen LogP contribution in [0.15, 0.2) is 23.1 Å². The van der Waals surface area contributed by atoms with Gasteiger partial charge in [0, 0.05) is 0 Å². The Morgan fingerprint density at radius 1 is 1.18 bits per heavy atom. The van der Waals surface area contributed by atoms with Crippen LogP contribution in [0, 0.1) is 6.92 Å². The fourth-order valence-electron chi connectivity index (χ4n) is 2.76.